The zero-order valence-electron chi connectivity index (χ0n) is 13.0. The maximum atomic E-state index is 11.7. The summed E-state index contributed by atoms with van der Waals surface area (Å²) < 4.78 is 0. The van der Waals surface area contributed by atoms with Crippen LogP contribution in [0, 0.1) is 5.41 Å². The van der Waals surface area contributed by atoms with Crippen molar-refractivity contribution >= 4 is 6.29 Å². The Labute approximate surface area is 118 Å². The van der Waals surface area contributed by atoms with Crippen LogP contribution in [0.3, 0.4) is 0 Å². The second kappa shape index (κ2) is 5.92. The Morgan fingerprint density at radius 3 is 2.21 bits per heavy atom. The molecule has 0 aromatic carbocycles. The van der Waals surface area contributed by atoms with Gasteiger partial charge in [0.05, 0.1) is 0 Å². The highest BCUT2D eigenvalue weighted by Gasteiger charge is 2.37. The van der Waals surface area contributed by atoms with Crippen LogP contribution in [0.1, 0.15) is 52.4 Å². The first-order valence-corrected chi connectivity index (χ1v) is 7.87. The Morgan fingerprint density at radius 2 is 1.68 bits per heavy atom. The van der Waals surface area contributed by atoms with Crippen molar-refractivity contribution < 1.29 is 4.79 Å². The largest absolute Gasteiger partial charge is 0.303 e. The minimum absolute atomic E-state index is 0.0531. The fraction of sp³-hybridized carbons (Fsp3) is 0.938. The van der Waals surface area contributed by atoms with Crippen LogP contribution in [0.25, 0.3) is 0 Å². The fourth-order valence-electron chi connectivity index (χ4n) is 3.67. The first kappa shape index (κ1) is 15.0. The summed E-state index contributed by atoms with van der Waals surface area (Å²) in [6, 6.07) is 0. The van der Waals surface area contributed by atoms with E-state index in [2.05, 4.69) is 30.7 Å². The van der Waals surface area contributed by atoms with Gasteiger partial charge in [0, 0.05) is 37.1 Å². The van der Waals surface area contributed by atoms with Crippen LogP contribution in [0.2, 0.25) is 0 Å². The van der Waals surface area contributed by atoms with Crippen molar-refractivity contribution in [1.29, 1.82) is 0 Å². The third-order valence-corrected chi connectivity index (χ3v) is 5.28. The Kier molecular flexibility index (Phi) is 4.67. The number of carbonyl (C=O) groups is 1. The molecule has 0 aromatic heterocycles. The molecular formula is C16H30N2O. The van der Waals surface area contributed by atoms with Gasteiger partial charge in [0.15, 0.2) is 0 Å². The average molecular weight is 266 g/mol. The minimum Gasteiger partial charge on any atom is -0.303 e. The second-order valence-corrected chi connectivity index (χ2v) is 7.34. The van der Waals surface area contributed by atoms with Crippen LogP contribution in [0.5, 0.6) is 0 Å². The monoisotopic (exact) mass is 266 g/mol. The van der Waals surface area contributed by atoms with Crippen LogP contribution < -0.4 is 0 Å². The van der Waals surface area contributed by atoms with Crippen LogP contribution in [0.4, 0.5) is 0 Å². The van der Waals surface area contributed by atoms with Gasteiger partial charge >= 0.3 is 0 Å². The summed E-state index contributed by atoms with van der Waals surface area (Å²) in [6.45, 7) is 8.89. The SMILES string of the molecule is CN1CCN(CC2(C=O)CCCCCC2)CC1(C)C. The number of likely N-dealkylation sites (N-methyl/N-ethyl adjacent to an activating group) is 1. The van der Waals surface area contributed by atoms with Crippen LogP contribution in [-0.2, 0) is 4.79 Å². The molecule has 3 nitrogen and oxygen atoms in total. The van der Waals surface area contributed by atoms with Gasteiger partial charge in [0.25, 0.3) is 0 Å². The van der Waals surface area contributed by atoms with Gasteiger partial charge < -0.3 is 4.79 Å². The first-order valence-electron chi connectivity index (χ1n) is 7.87. The van der Waals surface area contributed by atoms with E-state index in [4.69, 9.17) is 0 Å². The summed E-state index contributed by atoms with van der Waals surface area (Å²) in [5, 5.41) is 0. The lowest BCUT2D eigenvalue weighted by atomic mass is 9.80. The van der Waals surface area contributed by atoms with Gasteiger partial charge in [-0.3, -0.25) is 9.80 Å². The van der Waals surface area contributed by atoms with E-state index in [9.17, 15) is 4.79 Å². The molecule has 0 aromatic rings. The van der Waals surface area contributed by atoms with Crippen molar-refractivity contribution in [2.75, 3.05) is 33.2 Å². The smallest absolute Gasteiger partial charge is 0.127 e. The van der Waals surface area contributed by atoms with E-state index in [0.29, 0.717) is 0 Å². The standard InChI is InChI=1S/C16H30N2O/c1-15(2)12-18(11-10-17(15)3)13-16(14-19)8-6-4-5-7-9-16/h14H,4-13H2,1-3H3. The Bertz CT molecular complexity index is 306. The normalized spacial score (nSPS) is 28.8. The highest BCUT2D eigenvalue weighted by atomic mass is 16.1. The number of hydrogen-bond donors (Lipinski definition) is 0. The van der Waals surface area contributed by atoms with E-state index < -0.39 is 0 Å². The third kappa shape index (κ3) is 3.57. The molecule has 0 amide bonds. The minimum atomic E-state index is -0.0531. The maximum absolute atomic E-state index is 11.7. The molecule has 0 spiro atoms. The van der Waals surface area contributed by atoms with Crippen LogP contribution >= 0.6 is 0 Å². The molecule has 1 heterocycles. The summed E-state index contributed by atoms with van der Waals surface area (Å²) in [5.74, 6) is 0. The molecule has 0 atom stereocenters. The molecule has 2 fully saturated rings. The summed E-state index contributed by atoms with van der Waals surface area (Å²) >= 11 is 0. The molecule has 1 saturated carbocycles. The predicted molar refractivity (Wildman–Crippen MR) is 79.3 cm³/mol. The summed E-state index contributed by atoms with van der Waals surface area (Å²) in [7, 11) is 2.21. The van der Waals surface area contributed by atoms with Crippen molar-refractivity contribution in [3.05, 3.63) is 0 Å². The van der Waals surface area contributed by atoms with Crippen molar-refractivity contribution in [3.63, 3.8) is 0 Å². The molecule has 0 bridgehead atoms. The zero-order valence-corrected chi connectivity index (χ0v) is 13.0. The number of rotatable bonds is 3. The second-order valence-electron chi connectivity index (χ2n) is 7.34. The number of hydrogen-bond acceptors (Lipinski definition) is 3. The van der Waals surface area contributed by atoms with Crippen LogP contribution in [-0.4, -0.2) is 54.9 Å². The van der Waals surface area contributed by atoms with Gasteiger partial charge in [-0.1, -0.05) is 25.7 Å². The lowest BCUT2D eigenvalue weighted by Gasteiger charge is -2.47. The predicted octanol–water partition coefficient (Wildman–Crippen LogP) is 2.55. The molecule has 0 radical (unpaired) electrons. The van der Waals surface area contributed by atoms with Gasteiger partial charge in [-0.25, -0.2) is 0 Å². The van der Waals surface area contributed by atoms with E-state index >= 15 is 0 Å². The fourth-order valence-corrected chi connectivity index (χ4v) is 3.67. The third-order valence-electron chi connectivity index (χ3n) is 5.28. The number of nitrogens with zero attached hydrogens (tertiary/aromatic N) is 2. The van der Waals surface area contributed by atoms with Gasteiger partial charge in [-0.15, -0.1) is 0 Å². The highest BCUT2D eigenvalue weighted by Crippen LogP contribution is 2.35. The van der Waals surface area contributed by atoms with E-state index in [-0.39, 0.29) is 11.0 Å². The highest BCUT2D eigenvalue weighted by molar-refractivity contribution is 5.59. The Morgan fingerprint density at radius 1 is 1.05 bits per heavy atom. The number of piperazine rings is 1. The number of aldehydes is 1. The molecule has 2 rings (SSSR count). The molecule has 19 heavy (non-hydrogen) atoms. The summed E-state index contributed by atoms with van der Waals surface area (Å²) in [4.78, 5) is 16.7. The van der Waals surface area contributed by atoms with Crippen molar-refractivity contribution in [2.45, 2.75) is 57.9 Å². The van der Waals surface area contributed by atoms with E-state index in [1.807, 2.05) is 0 Å². The molecule has 0 N–H and O–H groups in total. The van der Waals surface area contributed by atoms with E-state index in [0.717, 1.165) is 39.0 Å². The van der Waals surface area contributed by atoms with Crippen molar-refractivity contribution in [1.82, 2.24) is 9.80 Å². The van der Waals surface area contributed by atoms with Gasteiger partial charge in [-0.05, 0) is 33.7 Å². The molecule has 1 aliphatic carbocycles. The zero-order chi connectivity index (χ0) is 13.9. The van der Waals surface area contributed by atoms with Gasteiger partial charge in [-0.2, -0.15) is 0 Å². The topological polar surface area (TPSA) is 23.6 Å². The lowest BCUT2D eigenvalue weighted by molar-refractivity contribution is -0.119. The Balaban J connectivity index is 2.00. The van der Waals surface area contributed by atoms with Gasteiger partial charge in [0.2, 0.25) is 0 Å². The summed E-state index contributed by atoms with van der Waals surface area (Å²) in [5.41, 5.74) is 0.176. The van der Waals surface area contributed by atoms with Crippen LogP contribution in [0.15, 0.2) is 0 Å². The molecule has 3 heteroatoms. The first-order chi connectivity index (χ1) is 8.97. The van der Waals surface area contributed by atoms with Crippen molar-refractivity contribution in [2.24, 2.45) is 5.41 Å². The number of carbonyl (C=O) groups excluding carboxylic acids is 1. The van der Waals surface area contributed by atoms with E-state index in [1.54, 1.807) is 0 Å². The quantitative estimate of drug-likeness (QED) is 0.579. The average Bonchev–Trinajstić information content (AvgIpc) is 2.60. The molecule has 0 unspecified atom stereocenters. The Hall–Kier alpha value is -0.410. The molecule has 1 saturated heterocycles. The molecular weight excluding hydrogens is 236 g/mol. The maximum Gasteiger partial charge on any atom is 0.127 e. The molecule has 1 aliphatic heterocycles. The lowest BCUT2D eigenvalue weighted by Crippen LogP contribution is -2.59. The molecule has 110 valence electrons. The van der Waals surface area contributed by atoms with E-state index in [1.165, 1.54) is 32.0 Å². The summed E-state index contributed by atoms with van der Waals surface area (Å²) in [6.07, 6.45) is 8.57. The molecule has 2 aliphatic rings. The van der Waals surface area contributed by atoms with Gasteiger partial charge in [0.1, 0.15) is 6.29 Å². The van der Waals surface area contributed by atoms with Crippen molar-refractivity contribution in [3.8, 4) is 0 Å².